The number of nitrogens with zero attached hydrogens (tertiary/aromatic N) is 3. The lowest BCUT2D eigenvalue weighted by Gasteiger charge is -2.23. The summed E-state index contributed by atoms with van der Waals surface area (Å²) in [6, 6.07) is 9.13. The molecule has 10 heteroatoms. The quantitative estimate of drug-likeness (QED) is 0.506. The number of aliphatic hydroxyl groups is 1. The molecule has 1 aromatic carbocycles. The first-order chi connectivity index (χ1) is 14.8. The van der Waals surface area contributed by atoms with Gasteiger partial charge in [0.15, 0.2) is 6.10 Å². The maximum Gasteiger partial charge on any atom is 0.410 e. The third-order valence-electron chi connectivity index (χ3n) is 4.62. The van der Waals surface area contributed by atoms with Crippen molar-refractivity contribution in [3.8, 4) is 5.75 Å². The Bertz CT molecular complexity index is 1070. The number of nitrogens with one attached hydrogen (secondary N) is 1. The zero-order chi connectivity index (χ0) is 22.0. The molecule has 1 fully saturated rings. The molecule has 3 heterocycles. The summed E-state index contributed by atoms with van der Waals surface area (Å²) in [5.74, 6) is 1.81. The van der Waals surface area contributed by atoms with E-state index >= 15 is 0 Å². The van der Waals surface area contributed by atoms with E-state index in [4.69, 9.17) is 25.5 Å². The number of aromatic nitrogens is 2. The molecule has 0 spiro atoms. The summed E-state index contributed by atoms with van der Waals surface area (Å²) in [5.41, 5.74) is -0.459. The molecule has 1 unspecified atom stereocenters. The molecule has 31 heavy (non-hydrogen) atoms. The maximum absolute atomic E-state index is 12.0. The standard InChI is InChI=1S/C21H23ClN4O5/c1-21(2,28)12-26-10-14(31-20(26)27)11-30-16-7-3-6-15-17(16)24-19(22)25-18(15)23-9-13-5-4-8-29-13/h3-8,14,28H,9-12H2,1-2H3,(H,23,24,25). The number of carbonyl (C=O) groups excluding carboxylic acids is 1. The van der Waals surface area contributed by atoms with Gasteiger partial charge in [0.1, 0.15) is 29.5 Å². The van der Waals surface area contributed by atoms with Crippen molar-refractivity contribution >= 4 is 34.4 Å². The smallest absolute Gasteiger partial charge is 0.410 e. The van der Waals surface area contributed by atoms with Crippen LogP contribution in [0.15, 0.2) is 41.0 Å². The Balaban J connectivity index is 1.48. The lowest BCUT2D eigenvalue weighted by molar-refractivity contribution is 0.0492. The summed E-state index contributed by atoms with van der Waals surface area (Å²) in [7, 11) is 0. The Kier molecular flexibility index (Phi) is 5.88. The number of cyclic esters (lactones) is 1. The van der Waals surface area contributed by atoms with Gasteiger partial charge in [0.25, 0.3) is 0 Å². The van der Waals surface area contributed by atoms with Crippen LogP contribution in [-0.2, 0) is 11.3 Å². The van der Waals surface area contributed by atoms with E-state index < -0.39 is 17.8 Å². The number of rotatable bonds is 8. The highest BCUT2D eigenvalue weighted by Crippen LogP contribution is 2.30. The predicted molar refractivity (Wildman–Crippen MR) is 114 cm³/mol. The van der Waals surface area contributed by atoms with Crippen molar-refractivity contribution in [3.63, 3.8) is 0 Å². The molecule has 164 valence electrons. The average Bonchev–Trinajstić information content (AvgIpc) is 3.33. The van der Waals surface area contributed by atoms with Gasteiger partial charge in [-0.05, 0) is 49.7 Å². The Hall–Kier alpha value is -3.04. The first-order valence-electron chi connectivity index (χ1n) is 9.82. The van der Waals surface area contributed by atoms with Gasteiger partial charge in [-0.3, -0.25) is 0 Å². The van der Waals surface area contributed by atoms with E-state index in [1.165, 1.54) is 4.90 Å². The van der Waals surface area contributed by atoms with E-state index in [9.17, 15) is 9.90 Å². The van der Waals surface area contributed by atoms with Gasteiger partial charge in [-0.2, -0.15) is 0 Å². The number of β-amino-alcohol motifs (C(OH)–C–C–N with tert-alkyl or cyclic N) is 1. The van der Waals surface area contributed by atoms with Crippen molar-refractivity contribution in [2.75, 3.05) is 25.0 Å². The van der Waals surface area contributed by atoms with Gasteiger partial charge in [-0.1, -0.05) is 6.07 Å². The predicted octanol–water partition coefficient (Wildman–Crippen LogP) is 3.46. The molecule has 0 radical (unpaired) electrons. The molecule has 0 bridgehead atoms. The molecule has 4 rings (SSSR count). The van der Waals surface area contributed by atoms with Crippen LogP contribution in [0.5, 0.6) is 5.75 Å². The molecule has 0 saturated carbocycles. The van der Waals surface area contributed by atoms with Crippen LogP contribution in [0.1, 0.15) is 19.6 Å². The van der Waals surface area contributed by atoms with Crippen LogP contribution in [-0.4, -0.2) is 57.5 Å². The summed E-state index contributed by atoms with van der Waals surface area (Å²) in [5, 5.41) is 14.0. The third-order valence-corrected chi connectivity index (χ3v) is 4.79. The summed E-state index contributed by atoms with van der Waals surface area (Å²) in [4.78, 5) is 22.1. The number of anilines is 1. The molecule has 1 amide bonds. The topological polar surface area (TPSA) is 110 Å². The van der Waals surface area contributed by atoms with Crippen LogP contribution < -0.4 is 10.1 Å². The summed E-state index contributed by atoms with van der Waals surface area (Å²) in [6.07, 6.45) is 0.675. The van der Waals surface area contributed by atoms with Gasteiger partial charge in [-0.15, -0.1) is 0 Å². The summed E-state index contributed by atoms with van der Waals surface area (Å²) < 4.78 is 16.6. The first kappa shape index (κ1) is 21.2. The fourth-order valence-corrected chi connectivity index (χ4v) is 3.54. The molecule has 2 aromatic heterocycles. The van der Waals surface area contributed by atoms with Gasteiger partial charge in [0.05, 0.1) is 31.5 Å². The van der Waals surface area contributed by atoms with Crippen molar-refractivity contribution in [3.05, 3.63) is 47.6 Å². The second kappa shape index (κ2) is 8.60. The lowest BCUT2D eigenvalue weighted by Crippen LogP contribution is -2.39. The van der Waals surface area contributed by atoms with Crippen molar-refractivity contribution < 1.29 is 23.8 Å². The van der Waals surface area contributed by atoms with E-state index in [1.54, 1.807) is 26.2 Å². The second-order valence-corrected chi connectivity index (χ2v) is 8.27. The van der Waals surface area contributed by atoms with Gasteiger partial charge >= 0.3 is 6.09 Å². The van der Waals surface area contributed by atoms with Crippen molar-refractivity contribution in [1.29, 1.82) is 0 Å². The number of halogens is 1. The zero-order valence-electron chi connectivity index (χ0n) is 17.2. The van der Waals surface area contributed by atoms with Crippen LogP contribution in [0.3, 0.4) is 0 Å². The summed E-state index contributed by atoms with van der Waals surface area (Å²) >= 11 is 6.14. The van der Waals surface area contributed by atoms with Crippen LogP contribution in [0.2, 0.25) is 5.28 Å². The minimum Gasteiger partial charge on any atom is -0.487 e. The fraction of sp³-hybridized carbons (Fsp3) is 0.381. The van der Waals surface area contributed by atoms with Crippen molar-refractivity contribution in [2.45, 2.75) is 32.1 Å². The molecule has 1 aliphatic heterocycles. The number of hydrogen-bond donors (Lipinski definition) is 2. The number of amides is 1. The highest BCUT2D eigenvalue weighted by molar-refractivity contribution is 6.29. The molecule has 3 aromatic rings. The number of ether oxygens (including phenoxy) is 2. The van der Waals surface area contributed by atoms with Gasteiger partial charge in [-0.25, -0.2) is 14.8 Å². The normalized spacial score (nSPS) is 16.6. The van der Waals surface area contributed by atoms with Crippen LogP contribution in [0.25, 0.3) is 10.9 Å². The highest BCUT2D eigenvalue weighted by atomic mass is 35.5. The largest absolute Gasteiger partial charge is 0.487 e. The molecule has 1 saturated heterocycles. The van der Waals surface area contributed by atoms with E-state index in [2.05, 4.69) is 15.3 Å². The maximum atomic E-state index is 12.0. The number of carbonyl (C=O) groups is 1. The van der Waals surface area contributed by atoms with Crippen molar-refractivity contribution in [2.24, 2.45) is 0 Å². The third kappa shape index (κ3) is 5.18. The molecule has 1 aliphatic rings. The molecule has 0 aliphatic carbocycles. The van der Waals surface area contributed by atoms with Gasteiger partial charge < -0.3 is 29.2 Å². The number of para-hydroxylation sites is 1. The summed E-state index contributed by atoms with van der Waals surface area (Å²) in [6.45, 7) is 4.38. The van der Waals surface area contributed by atoms with E-state index in [1.807, 2.05) is 24.3 Å². The fourth-order valence-electron chi connectivity index (χ4n) is 3.37. The monoisotopic (exact) mass is 446 g/mol. The van der Waals surface area contributed by atoms with Crippen LogP contribution in [0.4, 0.5) is 10.6 Å². The molecule has 1 atom stereocenters. The molecular formula is C21H23ClN4O5. The minimum absolute atomic E-state index is 0.0779. The lowest BCUT2D eigenvalue weighted by atomic mass is 10.1. The van der Waals surface area contributed by atoms with E-state index in [0.29, 0.717) is 30.2 Å². The highest BCUT2D eigenvalue weighted by Gasteiger charge is 2.34. The Labute approximate surface area is 183 Å². The van der Waals surface area contributed by atoms with Gasteiger partial charge in [0, 0.05) is 5.39 Å². The number of fused-ring (bicyclic) bond motifs is 1. The molecule has 9 nitrogen and oxygen atoms in total. The minimum atomic E-state index is -1.00. The van der Waals surface area contributed by atoms with Crippen LogP contribution in [0, 0.1) is 0 Å². The Morgan fingerprint density at radius 1 is 1.32 bits per heavy atom. The Morgan fingerprint density at radius 3 is 2.90 bits per heavy atom. The SMILES string of the molecule is CC(C)(O)CN1CC(COc2cccc3c(NCc4ccco4)nc(Cl)nc23)OC1=O. The van der Waals surface area contributed by atoms with Crippen LogP contribution >= 0.6 is 11.6 Å². The van der Waals surface area contributed by atoms with Crippen molar-refractivity contribution in [1.82, 2.24) is 14.9 Å². The van der Waals surface area contributed by atoms with E-state index in [-0.39, 0.29) is 18.4 Å². The number of benzene rings is 1. The zero-order valence-corrected chi connectivity index (χ0v) is 17.9. The second-order valence-electron chi connectivity index (χ2n) is 7.94. The number of hydrogen-bond acceptors (Lipinski definition) is 8. The molecule has 2 N–H and O–H groups in total. The Morgan fingerprint density at radius 2 is 2.16 bits per heavy atom. The van der Waals surface area contributed by atoms with E-state index in [0.717, 1.165) is 11.1 Å². The molecular weight excluding hydrogens is 424 g/mol. The number of furan rings is 1. The first-order valence-corrected chi connectivity index (χ1v) is 10.2. The average molecular weight is 447 g/mol. The van der Waals surface area contributed by atoms with Gasteiger partial charge in [0.2, 0.25) is 5.28 Å².